The Hall–Kier alpha value is -1.17. The van der Waals surface area contributed by atoms with Gasteiger partial charge >= 0.3 is 0 Å². The van der Waals surface area contributed by atoms with Crippen molar-refractivity contribution in [3.8, 4) is 11.8 Å². The normalized spacial score (nSPS) is 11.1. The molecule has 4 nitrogen and oxygen atoms in total. The first kappa shape index (κ1) is 15.2. The summed E-state index contributed by atoms with van der Waals surface area (Å²) in [7, 11) is -3.42. The van der Waals surface area contributed by atoms with Gasteiger partial charge in [-0.2, -0.15) is 0 Å². The Balaban J connectivity index is 1.97. The van der Waals surface area contributed by atoms with Gasteiger partial charge in [0.1, 0.15) is 4.21 Å². The predicted octanol–water partition coefficient (Wildman–Crippen LogP) is 2.02. The first-order valence-electron chi connectivity index (χ1n) is 5.82. The summed E-state index contributed by atoms with van der Waals surface area (Å²) in [6, 6.07) is 5.14. The summed E-state index contributed by atoms with van der Waals surface area (Å²) in [5, 5.41) is 12.2. The molecule has 0 saturated heterocycles. The predicted molar refractivity (Wildman–Crippen MR) is 81.2 cm³/mol. The third-order valence-corrected chi connectivity index (χ3v) is 6.06. The molecule has 2 heterocycles. The highest BCUT2D eigenvalue weighted by molar-refractivity contribution is 7.91. The Kier molecular flexibility index (Phi) is 5.34. The molecule has 0 atom stereocenters. The van der Waals surface area contributed by atoms with E-state index in [9.17, 15) is 8.42 Å². The first-order valence-corrected chi connectivity index (χ1v) is 9.06. The van der Waals surface area contributed by atoms with Gasteiger partial charge in [0.2, 0.25) is 10.0 Å². The molecule has 0 aliphatic carbocycles. The monoisotopic (exact) mass is 327 g/mol. The lowest BCUT2D eigenvalue weighted by Gasteiger charge is -2.02. The first-order chi connectivity index (χ1) is 9.62. The average Bonchev–Trinajstić information content (AvgIpc) is 3.09. The molecular formula is C13H13NO3S3. The van der Waals surface area contributed by atoms with Gasteiger partial charge < -0.3 is 5.11 Å². The van der Waals surface area contributed by atoms with Crippen molar-refractivity contribution in [2.45, 2.75) is 17.2 Å². The fourth-order valence-corrected chi connectivity index (χ4v) is 4.30. The van der Waals surface area contributed by atoms with E-state index in [0.29, 0.717) is 10.6 Å². The summed E-state index contributed by atoms with van der Waals surface area (Å²) in [5.41, 5.74) is 0.841. The molecule has 2 aromatic heterocycles. The van der Waals surface area contributed by atoms with Crippen LogP contribution in [0, 0.1) is 11.8 Å². The Morgan fingerprint density at radius 3 is 2.90 bits per heavy atom. The van der Waals surface area contributed by atoms with Crippen LogP contribution in [0.15, 0.2) is 33.2 Å². The highest BCUT2D eigenvalue weighted by Gasteiger charge is 2.14. The van der Waals surface area contributed by atoms with Gasteiger partial charge in [-0.05, 0) is 17.5 Å². The number of sulfonamides is 1. The molecule has 2 rings (SSSR count). The van der Waals surface area contributed by atoms with Crippen LogP contribution >= 0.6 is 22.7 Å². The Labute approximate surface area is 126 Å². The zero-order valence-electron chi connectivity index (χ0n) is 10.5. The topological polar surface area (TPSA) is 66.4 Å². The third kappa shape index (κ3) is 4.16. The number of nitrogens with one attached hydrogen (secondary N) is 1. The maximum absolute atomic E-state index is 11.9. The van der Waals surface area contributed by atoms with E-state index < -0.39 is 10.0 Å². The van der Waals surface area contributed by atoms with Gasteiger partial charge in [0, 0.05) is 28.8 Å². The number of aliphatic hydroxyl groups is 1. The second-order valence-electron chi connectivity index (χ2n) is 3.83. The molecule has 0 amide bonds. The average molecular weight is 327 g/mol. The highest BCUT2D eigenvalue weighted by Crippen LogP contribution is 2.18. The zero-order chi connectivity index (χ0) is 14.4. The van der Waals surface area contributed by atoms with E-state index in [-0.39, 0.29) is 13.2 Å². The van der Waals surface area contributed by atoms with Crippen LogP contribution in [0.2, 0.25) is 0 Å². The molecule has 0 saturated carbocycles. The fraction of sp³-hybridized carbons (Fsp3) is 0.231. The van der Waals surface area contributed by atoms with Crippen LogP contribution in [-0.2, 0) is 16.6 Å². The van der Waals surface area contributed by atoms with Crippen LogP contribution < -0.4 is 4.72 Å². The van der Waals surface area contributed by atoms with Gasteiger partial charge in [0.15, 0.2) is 0 Å². The number of hydrogen-bond acceptors (Lipinski definition) is 5. The van der Waals surface area contributed by atoms with Crippen LogP contribution in [0.5, 0.6) is 0 Å². The van der Waals surface area contributed by atoms with Crippen molar-refractivity contribution < 1.29 is 13.5 Å². The largest absolute Gasteiger partial charge is 0.395 e. The van der Waals surface area contributed by atoms with Crippen molar-refractivity contribution in [3.05, 3.63) is 39.4 Å². The van der Waals surface area contributed by atoms with E-state index in [4.69, 9.17) is 5.11 Å². The van der Waals surface area contributed by atoms with Crippen molar-refractivity contribution in [3.63, 3.8) is 0 Å². The van der Waals surface area contributed by atoms with Crippen molar-refractivity contribution in [2.24, 2.45) is 0 Å². The highest BCUT2D eigenvalue weighted by atomic mass is 32.2. The van der Waals surface area contributed by atoms with Crippen molar-refractivity contribution in [2.75, 3.05) is 6.61 Å². The van der Waals surface area contributed by atoms with Crippen molar-refractivity contribution in [1.29, 1.82) is 0 Å². The zero-order valence-corrected chi connectivity index (χ0v) is 12.9. The third-order valence-electron chi connectivity index (χ3n) is 2.32. The van der Waals surface area contributed by atoms with Gasteiger partial charge in [-0.15, -0.1) is 22.7 Å². The molecule has 7 heteroatoms. The Bertz CT molecular complexity index is 706. The standard InChI is InChI=1S/C13H13NO3S3/c15-6-2-1-4-11-8-12(19-10-11)9-14-20(16,17)13-5-3-7-18-13/h3,5,7-8,10,14-15H,2,6,9H2. The molecule has 2 N–H and O–H groups in total. The summed E-state index contributed by atoms with van der Waals surface area (Å²) in [5.74, 6) is 5.74. The van der Waals surface area contributed by atoms with Crippen molar-refractivity contribution in [1.82, 2.24) is 4.72 Å². The molecule has 0 aliphatic heterocycles. The summed E-state index contributed by atoms with van der Waals surface area (Å²) in [6.45, 7) is 0.303. The number of aliphatic hydroxyl groups excluding tert-OH is 1. The molecule has 0 unspecified atom stereocenters. The smallest absolute Gasteiger partial charge is 0.250 e. The molecule has 0 aromatic carbocycles. The summed E-state index contributed by atoms with van der Waals surface area (Å²) in [6.07, 6.45) is 0.441. The van der Waals surface area contributed by atoms with E-state index in [1.54, 1.807) is 17.5 Å². The Morgan fingerprint density at radius 1 is 1.35 bits per heavy atom. The van der Waals surface area contributed by atoms with Crippen LogP contribution in [-0.4, -0.2) is 20.1 Å². The van der Waals surface area contributed by atoms with Gasteiger partial charge in [0.25, 0.3) is 0 Å². The molecule has 0 spiro atoms. The molecule has 0 bridgehead atoms. The SMILES string of the molecule is O=S(=O)(NCc1cc(C#CCCO)cs1)c1cccs1. The summed E-state index contributed by atoms with van der Waals surface area (Å²) < 4.78 is 26.7. The maximum atomic E-state index is 11.9. The van der Waals surface area contributed by atoms with Gasteiger partial charge in [0.05, 0.1) is 6.61 Å². The maximum Gasteiger partial charge on any atom is 0.250 e. The minimum Gasteiger partial charge on any atom is -0.395 e. The summed E-state index contributed by atoms with van der Waals surface area (Å²) in [4.78, 5) is 0.901. The molecule has 2 aromatic rings. The van der Waals surface area contributed by atoms with Crippen LogP contribution in [0.25, 0.3) is 0 Å². The van der Waals surface area contributed by atoms with E-state index in [1.807, 2.05) is 11.4 Å². The minimum absolute atomic E-state index is 0.0462. The van der Waals surface area contributed by atoms with E-state index in [2.05, 4.69) is 16.6 Å². The van der Waals surface area contributed by atoms with Gasteiger partial charge in [-0.25, -0.2) is 13.1 Å². The molecule has 0 radical (unpaired) electrons. The number of rotatable bonds is 5. The second-order valence-corrected chi connectivity index (χ2v) is 7.77. The number of thiophene rings is 2. The molecule has 0 aliphatic rings. The Morgan fingerprint density at radius 2 is 2.20 bits per heavy atom. The summed E-state index contributed by atoms with van der Waals surface area (Å²) >= 11 is 2.65. The molecular weight excluding hydrogens is 314 g/mol. The van der Waals surface area contributed by atoms with Crippen LogP contribution in [0.3, 0.4) is 0 Å². The minimum atomic E-state index is -3.42. The van der Waals surface area contributed by atoms with Crippen LogP contribution in [0.4, 0.5) is 0 Å². The van der Waals surface area contributed by atoms with E-state index >= 15 is 0 Å². The quantitative estimate of drug-likeness (QED) is 0.826. The number of hydrogen-bond donors (Lipinski definition) is 2. The molecule has 0 fully saturated rings. The van der Waals surface area contributed by atoms with Gasteiger partial charge in [-0.3, -0.25) is 0 Å². The van der Waals surface area contributed by atoms with E-state index in [0.717, 1.165) is 10.4 Å². The lowest BCUT2D eigenvalue weighted by Crippen LogP contribution is -2.21. The van der Waals surface area contributed by atoms with E-state index in [1.165, 1.54) is 22.7 Å². The molecule has 106 valence electrons. The lowest BCUT2D eigenvalue weighted by molar-refractivity contribution is 0.305. The molecule has 20 heavy (non-hydrogen) atoms. The fourth-order valence-electron chi connectivity index (χ4n) is 1.41. The van der Waals surface area contributed by atoms with Gasteiger partial charge in [-0.1, -0.05) is 17.9 Å². The van der Waals surface area contributed by atoms with Crippen molar-refractivity contribution >= 4 is 32.7 Å². The lowest BCUT2D eigenvalue weighted by atomic mass is 10.3. The van der Waals surface area contributed by atoms with Crippen LogP contribution in [0.1, 0.15) is 16.9 Å². The second kappa shape index (κ2) is 7.02.